The third kappa shape index (κ3) is 6.19. The summed E-state index contributed by atoms with van der Waals surface area (Å²) in [6, 6.07) is 9.60. The SMILES string of the molecule is N#Cc1cccc(C=C[C@H]2CCC(=O)C2CCCCCCC(=O)O)c1. The first-order valence-corrected chi connectivity index (χ1v) is 9.03. The average molecular weight is 339 g/mol. The van der Waals surface area contributed by atoms with Gasteiger partial charge in [-0.15, -0.1) is 0 Å². The van der Waals surface area contributed by atoms with Crippen LogP contribution in [0.2, 0.25) is 0 Å². The molecular formula is C21H25NO3. The summed E-state index contributed by atoms with van der Waals surface area (Å²) in [6.07, 6.45) is 10.4. The number of allylic oxidation sites excluding steroid dienone is 1. The number of carbonyl (C=O) groups is 2. The van der Waals surface area contributed by atoms with Crippen molar-refractivity contribution in [3.8, 4) is 6.07 Å². The van der Waals surface area contributed by atoms with Gasteiger partial charge in [0.05, 0.1) is 11.6 Å². The number of carbonyl (C=O) groups excluding carboxylic acids is 1. The molecule has 132 valence electrons. The average Bonchev–Trinajstić information content (AvgIpc) is 2.96. The predicted octanol–water partition coefficient (Wildman–Crippen LogP) is 4.59. The smallest absolute Gasteiger partial charge is 0.303 e. The van der Waals surface area contributed by atoms with Crippen LogP contribution in [0.1, 0.15) is 62.5 Å². The predicted molar refractivity (Wildman–Crippen MR) is 96.7 cm³/mol. The molecule has 1 aliphatic rings. The van der Waals surface area contributed by atoms with Gasteiger partial charge in [0, 0.05) is 18.8 Å². The van der Waals surface area contributed by atoms with E-state index in [2.05, 4.69) is 12.1 Å². The molecule has 2 atom stereocenters. The zero-order valence-corrected chi connectivity index (χ0v) is 14.5. The maximum atomic E-state index is 12.2. The standard InChI is InChI=1S/C21H25NO3/c22-15-17-7-5-6-16(14-17)10-11-18-12-13-20(23)19(18)8-3-1-2-4-9-21(24)25/h5-7,10-11,14,18-19H,1-4,8-9,12-13H2,(H,24,25)/t18-,19?/m0/s1. The van der Waals surface area contributed by atoms with E-state index in [9.17, 15) is 9.59 Å². The van der Waals surface area contributed by atoms with Gasteiger partial charge >= 0.3 is 5.97 Å². The van der Waals surface area contributed by atoms with Crippen molar-refractivity contribution in [3.05, 3.63) is 41.5 Å². The summed E-state index contributed by atoms with van der Waals surface area (Å²) in [5.74, 6) is -0.0188. The number of unbranched alkanes of at least 4 members (excludes halogenated alkanes) is 3. The number of Topliss-reactive ketones (excluding diaryl/α,β-unsaturated/α-hetero) is 1. The molecule has 0 aliphatic heterocycles. The van der Waals surface area contributed by atoms with Gasteiger partial charge in [0.1, 0.15) is 5.78 Å². The molecule has 1 aliphatic carbocycles. The number of hydrogen-bond donors (Lipinski definition) is 1. The van der Waals surface area contributed by atoms with E-state index < -0.39 is 5.97 Å². The van der Waals surface area contributed by atoms with Crippen molar-refractivity contribution in [3.63, 3.8) is 0 Å². The summed E-state index contributed by atoms with van der Waals surface area (Å²) in [4.78, 5) is 22.6. The molecule has 0 amide bonds. The van der Waals surface area contributed by atoms with E-state index in [4.69, 9.17) is 10.4 Å². The number of aliphatic carboxylic acids is 1. The second kappa shape index (κ2) is 9.78. The van der Waals surface area contributed by atoms with E-state index >= 15 is 0 Å². The van der Waals surface area contributed by atoms with Crippen LogP contribution >= 0.6 is 0 Å². The van der Waals surface area contributed by atoms with Gasteiger partial charge in [-0.3, -0.25) is 9.59 Å². The highest BCUT2D eigenvalue weighted by molar-refractivity contribution is 5.84. The molecular weight excluding hydrogens is 314 g/mol. The molecule has 1 aromatic carbocycles. The first kappa shape index (κ1) is 18.9. The minimum Gasteiger partial charge on any atom is -0.481 e. The number of rotatable bonds is 9. The number of benzene rings is 1. The monoisotopic (exact) mass is 339 g/mol. The van der Waals surface area contributed by atoms with Crippen LogP contribution in [0.25, 0.3) is 6.08 Å². The quantitative estimate of drug-likeness (QED) is 0.667. The highest BCUT2D eigenvalue weighted by atomic mass is 16.4. The van der Waals surface area contributed by atoms with E-state index in [0.717, 1.165) is 37.7 Å². The van der Waals surface area contributed by atoms with Gasteiger partial charge in [0.25, 0.3) is 0 Å². The fraction of sp³-hybridized carbons (Fsp3) is 0.476. The fourth-order valence-electron chi connectivity index (χ4n) is 3.48. The van der Waals surface area contributed by atoms with Gasteiger partial charge in [0.15, 0.2) is 0 Å². The largest absolute Gasteiger partial charge is 0.481 e. The maximum absolute atomic E-state index is 12.2. The molecule has 1 aromatic rings. The van der Waals surface area contributed by atoms with Gasteiger partial charge in [-0.1, -0.05) is 43.5 Å². The molecule has 1 unspecified atom stereocenters. The van der Waals surface area contributed by atoms with E-state index in [-0.39, 0.29) is 18.3 Å². The van der Waals surface area contributed by atoms with Crippen LogP contribution in [0, 0.1) is 23.2 Å². The molecule has 4 heteroatoms. The first-order chi connectivity index (χ1) is 12.1. The Morgan fingerprint density at radius 1 is 1.28 bits per heavy atom. The summed E-state index contributed by atoms with van der Waals surface area (Å²) in [5.41, 5.74) is 1.63. The fourth-order valence-corrected chi connectivity index (χ4v) is 3.48. The van der Waals surface area contributed by atoms with Gasteiger partial charge in [-0.05, 0) is 42.9 Å². The molecule has 0 spiro atoms. The Hall–Kier alpha value is -2.41. The normalized spacial score (nSPS) is 20.0. The van der Waals surface area contributed by atoms with E-state index in [0.29, 0.717) is 24.2 Å². The second-order valence-corrected chi connectivity index (χ2v) is 6.72. The van der Waals surface area contributed by atoms with Gasteiger partial charge in [-0.2, -0.15) is 5.26 Å². The molecule has 1 N–H and O–H groups in total. The number of carboxylic acids is 1. The number of hydrogen-bond acceptors (Lipinski definition) is 3. The van der Waals surface area contributed by atoms with Crippen LogP contribution < -0.4 is 0 Å². The van der Waals surface area contributed by atoms with Gasteiger partial charge in [-0.25, -0.2) is 0 Å². The lowest BCUT2D eigenvalue weighted by molar-refractivity contribution is -0.137. The number of ketones is 1. The van der Waals surface area contributed by atoms with Crippen LogP contribution in [-0.4, -0.2) is 16.9 Å². The molecule has 0 aromatic heterocycles. The zero-order valence-electron chi connectivity index (χ0n) is 14.5. The third-order valence-electron chi connectivity index (χ3n) is 4.86. The van der Waals surface area contributed by atoms with Crippen molar-refractivity contribution in [2.45, 2.75) is 51.4 Å². The van der Waals surface area contributed by atoms with Crippen molar-refractivity contribution < 1.29 is 14.7 Å². The Morgan fingerprint density at radius 3 is 2.84 bits per heavy atom. The lowest BCUT2D eigenvalue weighted by Gasteiger charge is -2.14. The lowest BCUT2D eigenvalue weighted by Crippen LogP contribution is -2.13. The summed E-state index contributed by atoms with van der Waals surface area (Å²) in [5, 5.41) is 17.6. The van der Waals surface area contributed by atoms with E-state index in [1.54, 1.807) is 6.07 Å². The summed E-state index contributed by atoms with van der Waals surface area (Å²) in [6.45, 7) is 0. The van der Waals surface area contributed by atoms with E-state index in [1.807, 2.05) is 24.3 Å². The maximum Gasteiger partial charge on any atom is 0.303 e. The lowest BCUT2D eigenvalue weighted by atomic mass is 9.89. The highest BCUT2D eigenvalue weighted by Crippen LogP contribution is 2.34. The van der Waals surface area contributed by atoms with E-state index in [1.165, 1.54) is 0 Å². The molecule has 4 nitrogen and oxygen atoms in total. The second-order valence-electron chi connectivity index (χ2n) is 6.72. The Balaban J connectivity index is 1.83. The zero-order chi connectivity index (χ0) is 18.1. The first-order valence-electron chi connectivity index (χ1n) is 9.03. The Kier molecular flexibility index (Phi) is 7.40. The third-order valence-corrected chi connectivity index (χ3v) is 4.86. The molecule has 1 saturated carbocycles. The summed E-state index contributed by atoms with van der Waals surface area (Å²) in [7, 11) is 0. The molecule has 2 rings (SSSR count). The molecule has 0 radical (unpaired) electrons. The van der Waals surface area contributed by atoms with Crippen molar-refractivity contribution in [1.29, 1.82) is 5.26 Å². The van der Waals surface area contributed by atoms with Gasteiger partial charge < -0.3 is 5.11 Å². The van der Waals surface area contributed by atoms with Crippen LogP contribution in [0.15, 0.2) is 30.3 Å². The van der Waals surface area contributed by atoms with Crippen LogP contribution in [-0.2, 0) is 9.59 Å². The minimum atomic E-state index is -0.739. The summed E-state index contributed by atoms with van der Waals surface area (Å²) < 4.78 is 0. The summed E-state index contributed by atoms with van der Waals surface area (Å²) >= 11 is 0. The van der Waals surface area contributed by atoms with Gasteiger partial charge in [0.2, 0.25) is 0 Å². The minimum absolute atomic E-state index is 0.0925. The number of nitriles is 1. The molecule has 0 heterocycles. The molecule has 0 bridgehead atoms. The Bertz CT molecular complexity index is 672. The van der Waals surface area contributed by atoms with Crippen molar-refractivity contribution >= 4 is 17.8 Å². The van der Waals surface area contributed by atoms with Crippen molar-refractivity contribution in [2.75, 3.05) is 0 Å². The molecule has 0 saturated heterocycles. The Labute approximate surface area is 149 Å². The van der Waals surface area contributed by atoms with Crippen LogP contribution in [0.4, 0.5) is 0 Å². The van der Waals surface area contributed by atoms with Crippen molar-refractivity contribution in [1.82, 2.24) is 0 Å². The number of nitrogens with zero attached hydrogens (tertiary/aromatic N) is 1. The van der Waals surface area contributed by atoms with Crippen molar-refractivity contribution in [2.24, 2.45) is 11.8 Å². The highest BCUT2D eigenvalue weighted by Gasteiger charge is 2.32. The Morgan fingerprint density at radius 2 is 2.08 bits per heavy atom. The molecule has 1 fully saturated rings. The van der Waals surface area contributed by atoms with Crippen LogP contribution in [0.5, 0.6) is 0 Å². The molecule has 25 heavy (non-hydrogen) atoms. The topological polar surface area (TPSA) is 78.2 Å². The number of carboxylic acid groups (broad SMARTS) is 1. The van der Waals surface area contributed by atoms with Crippen LogP contribution in [0.3, 0.4) is 0 Å².